The number of thiophene rings is 1. The Morgan fingerprint density at radius 2 is 1.76 bits per heavy atom. The first kappa shape index (κ1) is 22.9. The fraction of sp³-hybridized carbons (Fsp3) is 0.308. The van der Waals surface area contributed by atoms with Crippen LogP contribution in [0, 0.1) is 0 Å². The van der Waals surface area contributed by atoms with Crippen LogP contribution in [0.3, 0.4) is 0 Å². The Kier molecular flexibility index (Phi) is 7.29. The van der Waals surface area contributed by atoms with E-state index in [1.807, 2.05) is 55.5 Å². The quantitative estimate of drug-likeness (QED) is 0.464. The van der Waals surface area contributed by atoms with E-state index in [0.717, 1.165) is 42.6 Å². The van der Waals surface area contributed by atoms with Crippen molar-refractivity contribution in [2.24, 2.45) is 0 Å². The summed E-state index contributed by atoms with van der Waals surface area (Å²) in [4.78, 5) is 27.4. The van der Waals surface area contributed by atoms with Gasteiger partial charge >= 0.3 is 0 Å². The summed E-state index contributed by atoms with van der Waals surface area (Å²) in [5.41, 5.74) is 3.13. The lowest BCUT2D eigenvalue weighted by atomic mass is 9.95. The number of hydrogen-bond acceptors (Lipinski definition) is 5. The number of nitrogens with one attached hydrogen (secondary N) is 2. The highest BCUT2D eigenvalue weighted by atomic mass is 32.1. The highest BCUT2D eigenvalue weighted by molar-refractivity contribution is 7.17. The number of methoxy groups -OCH3 is 1. The third-order valence-corrected chi connectivity index (χ3v) is 6.82. The molecular weight excluding hydrogens is 436 g/mol. The number of amides is 2. The summed E-state index contributed by atoms with van der Waals surface area (Å²) in [5, 5.41) is 6.63. The largest absolute Gasteiger partial charge is 0.497 e. The Balaban J connectivity index is 1.57. The van der Waals surface area contributed by atoms with Gasteiger partial charge in [0, 0.05) is 4.88 Å². The van der Waals surface area contributed by atoms with Crippen LogP contribution in [-0.4, -0.2) is 25.5 Å². The highest BCUT2D eigenvalue weighted by Gasteiger charge is 2.27. The lowest BCUT2D eigenvalue weighted by molar-refractivity contribution is -0.115. The molecule has 3 aromatic rings. The number of carbonyl (C=O) groups is 2. The van der Waals surface area contributed by atoms with Crippen molar-refractivity contribution in [2.45, 2.75) is 39.0 Å². The minimum atomic E-state index is -0.221. The van der Waals surface area contributed by atoms with Crippen LogP contribution < -0.4 is 20.1 Å². The Bertz CT molecular complexity index is 1140. The maximum atomic E-state index is 13.4. The predicted octanol–water partition coefficient (Wildman–Crippen LogP) is 5.47. The van der Waals surface area contributed by atoms with Crippen molar-refractivity contribution < 1.29 is 19.1 Å². The lowest BCUT2D eigenvalue weighted by Crippen LogP contribution is -2.19. The second-order valence-corrected chi connectivity index (χ2v) is 8.98. The molecule has 2 amide bonds. The van der Waals surface area contributed by atoms with E-state index < -0.39 is 0 Å². The van der Waals surface area contributed by atoms with Crippen LogP contribution in [0.5, 0.6) is 11.5 Å². The van der Waals surface area contributed by atoms with Gasteiger partial charge in [-0.1, -0.05) is 24.3 Å². The maximum absolute atomic E-state index is 13.4. The first-order chi connectivity index (χ1) is 16.1. The van der Waals surface area contributed by atoms with Crippen molar-refractivity contribution in [3.8, 4) is 11.5 Å². The Morgan fingerprint density at radius 1 is 1.00 bits per heavy atom. The molecule has 33 heavy (non-hydrogen) atoms. The Hall–Kier alpha value is -3.32. The highest BCUT2D eigenvalue weighted by Crippen LogP contribution is 2.39. The van der Waals surface area contributed by atoms with Crippen LogP contribution in [-0.2, 0) is 24.1 Å². The lowest BCUT2D eigenvalue weighted by Gasteiger charge is -2.15. The molecule has 0 atom stereocenters. The minimum absolute atomic E-state index is 0.150. The molecule has 1 heterocycles. The fourth-order valence-electron chi connectivity index (χ4n) is 4.03. The number of ether oxygens (including phenoxy) is 2. The summed E-state index contributed by atoms with van der Waals surface area (Å²) in [6, 6.07) is 14.8. The van der Waals surface area contributed by atoms with E-state index in [2.05, 4.69) is 10.6 Å². The van der Waals surface area contributed by atoms with E-state index in [1.165, 1.54) is 16.2 Å². The molecule has 0 unspecified atom stereocenters. The van der Waals surface area contributed by atoms with Gasteiger partial charge in [-0.3, -0.25) is 9.59 Å². The van der Waals surface area contributed by atoms with Gasteiger partial charge in [0.2, 0.25) is 5.91 Å². The molecule has 1 aliphatic carbocycles. The molecule has 0 fully saturated rings. The monoisotopic (exact) mass is 464 g/mol. The second-order valence-electron chi connectivity index (χ2n) is 7.87. The molecule has 0 radical (unpaired) electrons. The van der Waals surface area contributed by atoms with Crippen LogP contribution in [0.1, 0.15) is 46.1 Å². The van der Waals surface area contributed by atoms with Crippen molar-refractivity contribution in [1.29, 1.82) is 0 Å². The van der Waals surface area contributed by atoms with Gasteiger partial charge in [-0.15, -0.1) is 11.3 Å². The summed E-state index contributed by atoms with van der Waals surface area (Å²) in [6.45, 7) is 2.41. The molecule has 4 rings (SSSR count). The van der Waals surface area contributed by atoms with Gasteiger partial charge in [-0.05, 0) is 68.0 Å². The average Bonchev–Trinajstić information content (AvgIpc) is 3.18. The molecule has 172 valence electrons. The van der Waals surface area contributed by atoms with Crippen molar-refractivity contribution in [1.82, 2.24) is 0 Å². The third kappa shape index (κ3) is 5.37. The summed E-state index contributed by atoms with van der Waals surface area (Å²) in [6.07, 6.45) is 4.14. The van der Waals surface area contributed by atoms with Gasteiger partial charge in [0.05, 0.1) is 31.4 Å². The predicted molar refractivity (Wildman–Crippen MR) is 132 cm³/mol. The number of fused-ring (bicyclic) bond motifs is 1. The topological polar surface area (TPSA) is 76.7 Å². The zero-order valence-corrected chi connectivity index (χ0v) is 19.7. The summed E-state index contributed by atoms with van der Waals surface area (Å²) < 4.78 is 10.8. The SMILES string of the molecule is CCOc1ccccc1NC(=O)c1c(NC(=O)Cc2ccc(OC)cc2)sc2c1CCCC2. The number of hydrogen-bond donors (Lipinski definition) is 2. The van der Waals surface area contributed by atoms with Crippen LogP contribution in [0.2, 0.25) is 0 Å². The number of aryl methyl sites for hydroxylation is 1. The average molecular weight is 465 g/mol. The molecule has 0 spiro atoms. The molecule has 0 aliphatic heterocycles. The molecular formula is C26H28N2O4S. The fourth-order valence-corrected chi connectivity index (χ4v) is 5.33. The van der Waals surface area contributed by atoms with E-state index >= 15 is 0 Å². The maximum Gasteiger partial charge on any atom is 0.259 e. The van der Waals surface area contributed by atoms with E-state index in [9.17, 15) is 9.59 Å². The molecule has 1 aliphatic rings. The number of benzene rings is 2. The van der Waals surface area contributed by atoms with Gasteiger partial charge < -0.3 is 20.1 Å². The van der Waals surface area contributed by atoms with Gasteiger partial charge in [-0.25, -0.2) is 0 Å². The molecule has 1 aromatic heterocycles. The summed E-state index contributed by atoms with van der Waals surface area (Å²) in [5.74, 6) is 1.00. The minimum Gasteiger partial charge on any atom is -0.497 e. The normalized spacial score (nSPS) is 12.5. The van der Waals surface area contributed by atoms with E-state index in [0.29, 0.717) is 28.6 Å². The number of anilines is 2. The summed E-state index contributed by atoms with van der Waals surface area (Å²) >= 11 is 1.52. The van der Waals surface area contributed by atoms with Gasteiger partial charge in [0.1, 0.15) is 16.5 Å². The van der Waals surface area contributed by atoms with Crippen molar-refractivity contribution in [2.75, 3.05) is 24.4 Å². The van der Waals surface area contributed by atoms with Crippen LogP contribution >= 0.6 is 11.3 Å². The molecule has 7 heteroatoms. The molecule has 6 nitrogen and oxygen atoms in total. The van der Waals surface area contributed by atoms with Crippen LogP contribution in [0.4, 0.5) is 10.7 Å². The molecule has 0 saturated heterocycles. The van der Waals surface area contributed by atoms with Gasteiger partial charge in [0.15, 0.2) is 0 Å². The van der Waals surface area contributed by atoms with Crippen molar-refractivity contribution in [3.05, 3.63) is 70.1 Å². The van der Waals surface area contributed by atoms with Gasteiger partial charge in [-0.2, -0.15) is 0 Å². The standard InChI is InChI=1S/C26H28N2O4S/c1-3-32-21-10-6-5-9-20(21)27-25(30)24-19-8-4-7-11-22(19)33-26(24)28-23(29)16-17-12-14-18(31-2)15-13-17/h5-6,9-10,12-15H,3-4,7-8,11,16H2,1-2H3,(H,27,30)(H,28,29). The van der Waals surface area contributed by atoms with Crippen molar-refractivity contribution >= 4 is 33.8 Å². The molecule has 0 saturated carbocycles. The van der Waals surface area contributed by atoms with E-state index in [-0.39, 0.29) is 18.2 Å². The van der Waals surface area contributed by atoms with Crippen LogP contribution in [0.15, 0.2) is 48.5 Å². The summed E-state index contributed by atoms with van der Waals surface area (Å²) in [7, 11) is 1.61. The molecule has 0 bridgehead atoms. The van der Waals surface area contributed by atoms with Gasteiger partial charge in [0.25, 0.3) is 5.91 Å². The van der Waals surface area contributed by atoms with E-state index in [1.54, 1.807) is 7.11 Å². The third-order valence-electron chi connectivity index (χ3n) is 5.61. The van der Waals surface area contributed by atoms with Crippen LogP contribution in [0.25, 0.3) is 0 Å². The zero-order valence-electron chi connectivity index (χ0n) is 18.9. The Morgan fingerprint density at radius 3 is 2.52 bits per heavy atom. The smallest absolute Gasteiger partial charge is 0.259 e. The molecule has 2 N–H and O–H groups in total. The zero-order chi connectivity index (χ0) is 23.2. The number of carbonyl (C=O) groups excluding carboxylic acids is 2. The number of para-hydroxylation sites is 2. The van der Waals surface area contributed by atoms with E-state index in [4.69, 9.17) is 9.47 Å². The first-order valence-corrected chi connectivity index (χ1v) is 12.0. The first-order valence-electron chi connectivity index (χ1n) is 11.2. The Labute approximate surface area is 197 Å². The van der Waals surface area contributed by atoms with Crippen molar-refractivity contribution in [3.63, 3.8) is 0 Å². The number of rotatable bonds is 8. The second kappa shape index (κ2) is 10.5. The molecule has 2 aromatic carbocycles.